The van der Waals surface area contributed by atoms with Crippen LogP contribution in [-0.2, 0) is 0 Å². The van der Waals surface area contributed by atoms with Gasteiger partial charge in [-0.25, -0.2) is 0 Å². The molecule has 0 spiro atoms. The Morgan fingerprint density at radius 2 is 2.00 bits per heavy atom. The maximum absolute atomic E-state index is 9.72. The first kappa shape index (κ1) is 11.1. The zero-order chi connectivity index (χ0) is 10.7. The Morgan fingerprint density at radius 1 is 1.36 bits per heavy atom. The van der Waals surface area contributed by atoms with Gasteiger partial charge < -0.3 is 10.0 Å². The second-order valence-corrected chi connectivity index (χ2v) is 3.72. The van der Waals surface area contributed by atoms with Gasteiger partial charge in [0, 0.05) is 12.7 Å². The predicted molar refractivity (Wildman–Crippen MR) is 60.6 cm³/mol. The minimum absolute atomic E-state index is 0.393. The largest absolute Gasteiger partial charge is 0.374 e. The van der Waals surface area contributed by atoms with Crippen molar-refractivity contribution >= 4 is 5.69 Å². The lowest BCUT2D eigenvalue weighted by Gasteiger charge is -2.26. The van der Waals surface area contributed by atoms with E-state index in [0.717, 1.165) is 12.1 Å². The second-order valence-electron chi connectivity index (χ2n) is 3.72. The Kier molecular flexibility index (Phi) is 3.53. The highest BCUT2D eigenvalue weighted by Gasteiger charge is 2.11. The summed E-state index contributed by atoms with van der Waals surface area (Å²) in [6.45, 7) is 6.15. The van der Waals surface area contributed by atoms with Crippen LogP contribution < -0.4 is 4.90 Å². The van der Waals surface area contributed by atoms with E-state index in [0.29, 0.717) is 0 Å². The van der Waals surface area contributed by atoms with Crippen LogP contribution in [0.1, 0.15) is 24.5 Å². The van der Waals surface area contributed by atoms with Gasteiger partial charge in [-0.1, -0.05) is 19.1 Å². The van der Waals surface area contributed by atoms with Crippen molar-refractivity contribution in [2.24, 2.45) is 0 Å². The van der Waals surface area contributed by atoms with E-state index in [9.17, 15) is 5.11 Å². The van der Waals surface area contributed by atoms with E-state index in [2.05, 4.69) is 19.9 Å². The smallest absolute Gasteiger partial charge is 0.126 e. The first-order valence-electron chi connectivity index (χ1n) is 5.05. The molecule has 0 amide bonds. The highest BCUT2D eigenvalue weighted by molar-refractivity contribution is 5.55. The van der Waals surface area contributed by atoms with Crippen LogP contribution in [0.3, 0.4) is 0 Å². The molecule has 1 rings (SSSR count). The number of aliphatic hydroxyl groups excluding tert-OH is 1. The molecule has 2 heteroatoms. The fourth-order valence-corrected chi connectivity index (χ4v) is 1.55. The van der Waals surface area contributed by atoms with Crippen LogP contribution in [0.5, 0.6) is 0 Å². The van der Waals surface area contributed by atoms with Gasteiger partial charge in [0.2, 0.25) is 0 Å². The number of anilines is 1. The Labute approximate surface area is 86.2 Å². The molecule has 0 radical (unpaired) electrons. The molecule has 0 aliphatic heterocycles. The summed E-state index contributed by atoms with van der Waals surface area (Å²) < 4.78 is 0. The Balaban J connectivity index is 3.01. The average molecular weight is 193 g/mol. The third kappa shape index (κ3) is 2.07. The van der Waals surface area contributed by atoms with Crippen molar-refractivity contribution in [3.05, 3.63) is 29.3 Å². The SMILES string of the molecule is CCC(O)N(C)c1cccc(C)c1C. The Hall–Kier alpha value is -1.02. The molecule has 0 aliphatic carbocycles. The molecule has 0 saturated heterocycles. The predicted octanol–water partition coefficient (Wildman–Crippen LogP) is 2.47. The van der Waals surface area contributed by atoms with E-state index in [1.807, 2.05) is 31.0 Å². The molecule has 1 atom stereocenters. The van der Waals surface area contributed by atoms with Crippen LogP contribution in [0.15, 0.2) is 18.2 Å². The molecule has 1 aromatic carbocycles. The molecule has 0 aliphatic rings. The molecule has 1 N–H and O–H groups in total. The second kappa shape index (κ2) is 4.47. The first-order chi connectivity index (χ1) is 6.57. The lowest BCUT2D eigenvalue weighted by atomic mass is 10.1. The molecule has 0 fully saturated rings. The summed E-state index contributed by atoms with van der Waals surface area (Å²) in [5, 5.41) is 9.72. The quantitative estimate of drug-likeness (QED) is 0.745. The highest BCUT2D eigenvalue weighted by atomic mass is 16.3. The monoisotopic (exact) mass is 193 g/mol. The van der Waals surface area contributed by atoms with E-state index in [1.165, 1.54) is 11.1 Å². The molecule has 2 nitrogen and oxygen atoms in total. The van der Waals surface area contributed by atoms with Crippen molar-refractivity contribution in [3.8, 4) is 0 Å². The van der Waals surface area contributed by atoms with E-state index < -0.39 is 6.23 Å². The standard InChI is InChI=1S/C12H19NO/c1-5-12(14)13(4)11-8-6-7-9(2)10(11)3/h6-8,12,14H,5H2,1-4H3. The summed E-state index contributed by atoms with van der Waals surface area (Å²) in [6, 6.07) is 6.16. The van der Waals surface area contributed by atoms with Gasteiger partial charge in [-0.2, -0.15) is 0 Å². The highest BCUT2D eigenvalue weighted by Crippen LogP contribution is 2.23. The molecule has 78 valence electrons. The van der Waals surface area contributed by atoms with Crippen LogP contribution in [-0.4, -0.2) is 18.4 Å². The number of aliphatic hydroxyl groups is 1. The lowest BCUT2D eigenvalue weighted by Crippen LogP contribution is -2.31. The molecular formula is C12H19NO. The summed E-state index contributed by atoms with van der Waals surface area (Å²) in [6.07, 6.45) is 0.347. The maximum Gasteiger partial charge on any atom is 0.126 e. The van der Waals surface area contributed by atoms with Gasteiger partial charge >= 0.3 is 0 Å². The van der Waals surface area contributed by atoms with Crippen molar-refractivity contribution in [1.29, 1.82) is 0 Å². The molecular weight excluding hydrogens is 174 g/mol. The van der Waals surface area contributed by atoms with Crippen molar-refractivity contribution < 1.29 is 5.11 Å². The number of nitrogens with zero attached hydrogens (tertiary/aromatic N) is 1. The number of hydrogen-bond donors (Lipinski definition) is 1. The van der Waals surface area contributed by atoms with Gasteiger partial charge in [0.25, 0.3) is 0 Å². The van der Waals surface area contributed by atoms with Crippen molar-refractivity contribution in [2.75, 3.05) is 11.9 Å². The Bertz CT molecular complexity index is 309. The van der Waals surface area contributed by atoms with Gasteiger partial charge in [0.1, 0.15) is 6.23 Å². The van der Waals surface area contributed by atoms with Crippen LogP contribution >= 0.6 is 0 Å². The van der Waals surface area contributed by atoms with Crippen molar-refractivity contribution in [3.63, 3.8) is 0 Å². The molecule has 1 aromatic rings. The van der Waals surface area contributed by atoms with Crippen LogP contribution in [0.2, 0.25) is 0 Å². The molecule has 0 aromatic heterocycles. The third-order valence-electron chi connectivity index (χ3n) is 2.77. The summed E-state index contributed by atoms with van der Waals surface area (Å²) in [7, 11) is 1.93. The van der Waals surface area contributed by atoms with Gasteiger partial charge in [0.15, 0.2) is 0 Å². The summed E-state index contributed by atoms with van der Waals surface area (Å²) in [4.78, 5) is 1.92. The lowest BCUT2D eigenvalue weighted by molar-refractivity contribution is 0.170. The summed E-state index contributed by atoms with van der Waals surface area (Å²) in [5.74, 6) is 0. The van der Waals surface area contributed by atoms with Gasteiger partial charge in [-0.05, 0) is 37.5 Å². The van der Waals surface area contributed by atoms with Gasteiger partial charge in [-0.15, -0.1) is 0 Å². The first-order valence-corrected chi connectivity index (χ1v) is 5.05. The summed E-state index contributed by atoms with van der Waals surface area (Å²) >= 11 is 0. The third-order valence-corrected chi connectivity index (χ3v) is 2.77. The van der Waals surface area contributed by atoms with E-state index in [4.69, 9.17) is 0 Å². The fourth-order valence-electron chi connectivity index (χ4n) is 1.55. The van der Waals surface area contributed by atoms with E-state index in [1.54, 1.807) is 0 Å². The zero-order valence-corrected chi connectivity index (χ0v) is 9.41. The number of benzene rings is 1. The van der Waals surface area contributed by atoms with Gasteiger partial charge in [0.05, 0.1) is 0 Å². The Morgan fingerprint density at radius 3 is 2.57 bits per heavy atom. The number of rotatable bonds is 3. The average Bonchev–Trinajstić information content (AvgIpc) is 2.20. The molecule has 14 heavy (non-hydrogen) atoms. The van der Waals surface area contributed by atoms with Crippen molar-refractivity contribution in [1.82, 2.24) is 0 Å². The normalized spacial score (nSPS) is 12.6. The van der Waals surface area contributed by atoms with E-state index in [-0.39, 0.29) is 0 Å². The minimum Gasteiger partial charge on any atom is -0.374 e. The fraction of sp³-hybridized carbons (Fsp3) is 0.500. The number of hydrogen-bond acceptors (Lipinski definition) is 2. The maximum atomic E-state index is 9.72. The molecule has 1 unspecified atom stereocenters. The van der Waals surface area contributed by atoms with Crippen molar-refractivity contribution in [2.45, 2.75) is 33.4 Å². The van der Waals surface area contributed by atoms with E-state index >= 15 is 0 Å². The topological polar surface area (TPSA) is 23.5 Å². The van der Waals surface area contributed by atoms with Crippen LogP contribution in [0.4, 0.5) is 5.69 Å². The molecule has 0 heterocycles. The van der Waals surface area contributed by atoms with Crippen LogP contribution in [0, 0.1) is 13.8 Å². The number of aryl methyl sites for hydroxylation is 1. The summed E-state index contributed by atoms with van der Waals surface area (Å²) in [5.41, 5.74) is 3.61. The molecule has 0 bridgehead atoms. The van der Waals surface area contributed by atoms with Crippen LogP contribution in [0.25, 0.3) is 0 Å². The minimum atomic E-state index is -0.393. The zero-order valence-electron chi connectivity index (χ0n) is 9.41. The van der Waals surface area contributed by atoms with Gasteiger partial charge in [-0.3, -0.25) is 0 Å². The molecule has 0 saturated carbocycles.